The van der Waals surface area contributed by atoms with Crippen LogP contribution in [0.15, 0.2) is 41.3 Å². The lowest BCUT2D eigenvalue weighted by Gasteiger charge is -2.35. The van der Waals surface area contributed by atoms with E-state index in [2.05, 4.69) is 33.9 Å². The Bertz CT molecular complexity index is 1610. The summed E-state index contributed by atoms with van der Waals surface area (Å²) in [7, 11) is -3.78. The summed E-state index contributed by atoms with van der Waals surface area (Å²) in [6, 6.07) is 10.4. The molecule has 0 radical (unpaired) electrons. The molecule has 2 aliphatic heterocycles. The van der Waals surface area contributed by atoms with E-state index >= 15 is 0 Å². The largest absolute Gasteiger partial charge is 0.359 e. The van der Waals surface area contributed by atoms with Crippen molar-refractivity contribution in [2.75, 3.05) is 31.5 Å². The van der Waals surface area contributed by atoms with Crippen molar-refractivity contribution in [3.05, 3.63) is 80.1 Å². The molecule has 210 valence electrons. The fraction of sp³-hybridized carbons (Fsp3) is 0.367. The molecule has 1 aromatic heterocycles. The number of hydrogen-bond acceptors (Lipinski definition) is 5. The fourth-order valence-electron chi connectivity index (χ4n) is 5.74. The number of aromatic amines is 1. The first kappa shape index (κ1) is 27.5. The molecule has 1 saturated heterocycles. The SMILES string of the molecule is Cc1[nH]c(/C=C2/C(=O)Nc3ccc(S(=O)(=O)Cc4c(Cl)cccc4Cl)cc32)c(C)c1CN1CCN(C2CC2)CC1. The van der Waals surface area contributed by atoms with Crippen molar-refractivity contribution < 1.29 is 13.2 Å². The van der Waals surface area contributed by atoms with Gasteiger partial charge < -0.3 is 10.3 Å². The summed E-state index contributed by atoms with van der Waals surface area (Å²) < 4.78 is 26.7. The normalized spacial score (nSPS) is 19.3. The number of carbonyl (C=O) groups excluding carboxylic acids is 1. The number of nitrogens with one attached hydrogen (secondary N) is 2. The highest BCUT2D eigenvalue weighted by Crippen LogP contribution is 2.37. The molecule has 2 aromatic carbocycles. The van der Waals surface area contributed by atoms with E-state index in [-0.39, 0.29) is 16.6 Å². The van der Waals surface area contributed by atoms with Crippen LogP contribution >= 0.6 is 23.2 Å². The van der Waals surface area contributed by atoms with Crippen molar-refractivity contribution in [3.63, 3.8) is 0 Å². The third-order valence-electron chi connectivity index (χ3n) is 8.30. The van der Waals surface area contributed by atoms with Gasteiger partial charge in [-0.15, -0.1) is 0 Å². The van der Waals surface area contributed by atoms with Gasteiger partial charge in [0.05, 0.1) is 16.2 Å². The van der Waals surface area contributed by atoms with E-state index in [1.807, 2.05) is 6.08 Å². The zero-order valence-corrected chi connectivity index (χ0v) is 24.9. The molecule has 3 heterocycles. The first-order chi connectivity index (χ1) is 19.1. The van der Waals surface area contributed by atoms with Crippen LogP contribution < -0.4 is 5.32 Å². The Labute approximate surface area is 245 Å². The molecule has 0 unspecified atom stereocenters. The number of hydrogen-bond donors (Lipinski definition) is 2. The molecule has 1 aliphatic carbocycles. The maximum Gasteiger partial charge on any atom is 0.256 e. The van der Waals surface area contributed by atoms with Gasteiger partial charge in [-0.2, -0.15) is 0 Å². The van der Waals surface area contributed by atoms with Crippen LogP contribution in [0.5, 0.6) is 0 Å². The molecule has 3 aromatic rings. The summed E-state index contributed by atoms with van der Waals surface area (Å²) in [5.74, 6) is -0.596. The molecular weight excluding hydrogens is 567 g/mol. The van der Waals surface area contributed by atoms with E-state index in [0.29, 0.717) is 32.4 Å². The van der Waals surface area contributed by atoms with Crippen molar-refractivity contribution in [1.82, 2.24) is 14.8 Å². The maximum atomic E-state index is 13.3. The summed E-state index contributed by atoms with van der Waals surface area (Å²) in [4.78, 5) is 21.7. The van der Waals surface area contributed by atoms with Gasteiger partial charge in [-0.3, -0.25) is 14.6 Å². The Morgan fingerprint density at radius 3 is 2.38 bits per heavy atom. The van der Waals surface area contributed by atoms with Crippen molar-refractivity contribution >= 4 is 56.3 Å². The Hall–Kier alpha value is -2.62. The summed E-state index contributed by atoms with van der Waals surface area (Å²) >= 11 is 12.5. The number of nitrogens with zero attached hydrogens (tertiary/aromatic N) is 2. The van der Waals surface area contributed by atoms with Crippen LogP contribution in [0.3, 0.4) is 0 Å². The first-order valence-corrected chi connectivity index (χ1v) is 16.0. The van der Waals surface area contributed by atoms with E-state index in [1.54, 1.807) is 30.3 Å². The fourth-order valence-corrected chi connectivity index (χ4v) is 7.86. The highest BCUT2D eigenvalue weighted by Gasteiger charge is 2.32. The molecule has 10 heteroatoms. The third-order valence-corrected chi connectivity index (χ3v) is 10.7. The molecule has 6 rings (SSSR count). The van der Waals surface area contributed by atoms with Gasteiger partial charge in [-0.1, -0.05) is 29.3 Å². The van der Waals surface area contributed by atoms with Crippen LogP contribution in [0.1, 0.15) is 46.5 Å². The zero-order valence-electron chi connectivity index (χ0n) is 22.6. The number of carbonyl (C=O) groups is 1. The Kier molecular flexibility index (Phi) is 7.34. The molecule has 0 atom stereocenters. The number of aryl methyl sites for hydroxylation is 1. The monoisotopic (exact) mass is 598 g/mol. The zero-order chi connectivity index (χ0) is 28.2. The molecule has 2 N–H and O–H groups in total. The lowest BCUT2D eigenvalue weighted by Crippen LogP contribution is -2.46. The number of sulfone groups is 1. The molecule has 0 spiro atoms. The predicted molar refractivity (Wildman–Crippen MR) is 160 cm³/mol. The summed E-state index contributed by atoms with van der Waals surface area (Å²) in [6.45, 7) is 9.37. The molecule has 2 fully saturated rings. The van der Waals surface area contributed by atoms with Gasteiger partial charge in [0.15, 0.2) is 9.84 Å². The quantitative estimate of drug-likeness (QED) is 0.341. The molecule has 7 nitrogen and oxygen atoms in total. The van der Waals surface area contributed by atoms with Crippen molar-refractivity contribution in [2.24, 2.45) is 0 Å². The number of piperazine rings is 1. The topological polar surface area (TPSA) is 85.5 Å². The number of amides is 1. The smallest absolute Gasteiger partial charge is 0.256 e. The van der Waals surface area contributed by atoms with Crippen LogP contribution in [0, 0.1) is 13.8 Å². The van der Waals surface area contributed by atoms with E-state index in [4.69, 9.17) is 23.2 Å². The summed E-state index contributed by atoms with van der Waals surface area (Å²) in [5, 5.41) is 3.47. The van der Waals surface area contributed by atoms with Crippen molar-refractivity contribution in [3.8, 4) is 0 Å². The van der Waals surface area contributed by atoms with Crippen LogP contribution in [0.4, 0.5) is 5.69 Å². The van der Waals surface area contributed by atoms with Crippen LogP contribution in [0.2, 0.25) is 10.0 Å². The number of H-pyrrole nitrogens is 1. The second kappa shape index (κ2) is 10.7. The van der Waals surface area contributed by atoms with Crippen LogP contribution in [-0.2, 0) is 26.9 Å². The van der Waals surface area contributed by atoms with E-state index < -0.39 is 9.84 Å². The minimum Gasteiger partial charge on any atom is -0.359 e. The van der Waals surface area contributed by atoms with E-state index in [1.165, 1.54) is 24.5 Å². The van der Waals surface area contributed by atoms with Crippen LogP contribution in [-0.4, -0.2) is 61.3 Å². The number of halogens is 2. The Balaban J connectivity index is 1.26. The number of aromatic nitrogens is 1. The number of benzene rings is 2. The molecule has 1 saturated carbocycles. The molecule has 1 amide bonds. The maximum absolute atomic E-state index is 13.3. The van der Waals surface area contributed by atoms with Gasteiger partial charge in [-0.25, -0.2) is 8.42 Å². The Morgan fingerprint density at radius 2 is 1.70 bits per heavy atom. The molecule has 40 heavy (non-hydrogen) atoms. The standard InChI is InChI=1S/C30H32Cl2N4O3S/c1-18-24(16-35-10-12-36(13-11-35)20-6-7-20)19(2)33-29(18)15-23-22-14-21(8-9-28(22)34-30(23)37)40(38,39)17-25-26(31)4-3-5-27(25)32/h3-5,8-9,14-15,20,33H,6-7,10-13,16-17H2,1-2H3,(H,34,37)/b23-15+. The number of anilines is 1. The second-order valence-electron chi connectivity index (χ2n) is 11.0. The highest BCUT2D eigenvalue weighted by molar-refractivity contribution is 7.90. The van der Waals surface area contributed by atoms with Gasteiger partial charge in [0.2, 0.25) is 0 Å². The van der Waals surface area contributed by atoms with Crippen LogP contribution in [0.25, 0.3) is 11.6 Å². The number of fused-ring (bicyclic) bond motifs is 1. The van der Waals surface area contributed by atoms with E-state index in [9.17, 15) is 13.2 Å². The van der Waals surface area contributed by atoms with Crippen molar-refractivity contribution in [2.45, 2.75) is 49.9 Å². The Morgan fingerprint density at radius 1 is 1.00 bits per heavy atom. The number of rotatable bonds is 7. The van der Waals surface area contributed by atoms with Crippen molar-refractivity contribution in [1.29, 1.82) is 0 Å². The van der Waals surface area contributed by atoms with Gasteiger partial charge >= 0.3 is 0 Å². The molecular formula is C30H32Cl2N4O3S. The average molecular weight is 600 g/mol. The average Bonchev–Trinajstić information content (AvgIpc) is 3.68. The van der Waals surface area contributed by atoms with Gasteiger partial charge in [-0.05, 0) is 74.2 Å². The van der Waals surface area contributed by atoms with Gasteiger partial charge in [0.1, 0.15) is 0 Å². The van der Waals surface area contributed by atoms with Gasteiger partial charge in [0.25, 0.3) is 5.91 Å². The summed E-state index contributed by atoms with van der Waals surface area (Å²) in [5.41, 5.74) is 6.22. The molecule has 3 aliphatic rings. The second-order valence-corrected chi connectivity index (χ2v) is 13.8. The minimum atomic E-state index is -3.78. The lowest BCUT2D eigenvalue weighted by atomic mass is 10.0. The lowest BCUT2D eigenvalue weighted by molar-refractivity contribution is -0.110. The summed E-state index contributed by atoms with van der Waals surface area (Å²) in [6.07, 6.45) is 4.52. The predicted octanol–water partition coefficient (Wildman–Crippen LogP) is 5.68. The minimum absolute atomic E-state index is 0.107. The third kappa shape index (κ3) is 5.35. The first-order valence-electron chi connectivity index (χ1n) is 13.6. The highest BCUT2D eigenvalue weighted by atomic mass is 35.5. The van der Waals surface area contributed by atoms with E-state index in [0.717, 1.165) is 55.7 Å². The molecule has 0 bridgehead atoms. The van der Waals surface area contributed by atoms with Gasteiger partial charge in [0, 0.05) is 77.0 Å².